The van der Waals surface area contributed by atoms with Crippen molar-refractivity contribution in [2.24, 2.45) is 0 Å². The van der Waals surface area contributed by atoms with E-state index in [1.54, 1.807) is 87.0 Å². The van der Waals surface area contributed by atoms with Crippen LogP contribution >= 0.6 is 0 Å². The fraction of sp³-hybridized carbons (Fsp3) is 0.125. The number of hydrogen-bond acceptors (Lipinski definition) is 6. The highest BCUT2D eigenvalue weighted by Crippen LogP contribution is 2.23. The Morgan fingerprint density at radius 1 is 0.605 bits per heavy atom. The van der Waals surface area contributed by atoms with Crippen LogP contribution < -0.4 is 18.9 Å². The minimum Gasteiger partial charge on any atom is -0.497 e. The Bertz CT molecular complexity index is 1400. The van der Waals surface area contributed by atoms with Crippen molar-refractivity contribution in [1.29, 1.82) is 0 Å². The molecule has 4 aromatic carbocycles. The summed E-state index contributed by atoms with van der Waals surface area (Å²) in [6.45, 7) is 3.85. The molecule has 0 N–H and O–H groups in total. The lowest BCUT2D eigenvalue weighted by atomic mass is 10.0. The molecule has 0 amide bonds. The number of rotatable bonds is 10. The first-order valence-electron chi connectivity index (χ1n) is 12.0. The van der Waals surface area contributed by atoms with Gasteiger partial charge in [0.05, 0.1) is 25.3 Å². The van der Waals surface area contributed by atoms with Gasteiger partial charge in [-0.1, -0.05) is 30.9 Å². The minimum absolute atomic E-state index is 0.432. The lowest BCUT2D eigenvalue weighted by Crippen LogP contribution is -2.09. The second-order valence-corrected chi connectivity index (χ2v) is 8.49. The number of aryl methyl sites for hydroxylation is 2. The van der Waals surface area contributed by atoms with Gasteiger partial charge >= 0.3 is 11.9 Å². The quantitative estimate of drug-likeness (QED) is 0.178. The maximum atomic E-state index is 12.6. The molecule has 0 spiro atoms. The van der Waals surface area contributed by atoms with Crippen molar-refractivity contribution in [2.45, 2.75) is 12.8 Å². The number of esters is 2. The standard InChI is InChI=1S/C32H28O6/c1-4-22-19-24(21-30(20-22)38-32(34)26-11-17-28(36-3)18-12-26)6-5-23-7-13-29(14-8-23)37-31(33)25-9-15-27(35-2)16-10-25/h4,7-21H,1,5-6H2,2-3H3. The molecule has 0 saturated carbocycles. The molecule has 6 nitrogen and oxygen atoms in total. The van der Waals surface area contributed by atoms with Crippen LogP contribution in [0.3, 0.4) is 0 Å². The third-order valence-corrected chi connectivity index (χ3v) is 5.92. The van der Waals surface area contributed by atoms with Crippen LogP contribution in [-0.4, -0.2) is 26.2 Å². The molecular formula is C32H28O6. The topological polar surface area (TPSA) is 71.1 Å². The van der Waals surface area contributed by atoms with Crippen LogP contribution in [0.1, 0.15) is 37.4 Å². The number of methoxy groups -OCH3 is 2. The van der Waals surface area contributed by atoms with Gasteiger partial charge in [0.15, 0.2) is 0 Å². The van der Waals surface area contributed by atoms with Gasteiger partial charge in [-0.05, 0) is 102 Å². The Hall–Kier alpha value is -4.84. The second-order valence-electron chi connectivity index (χ2n) is 8.49. The van der Waals surface area contributed by atoms with Crippen LogP contribution in [0, 0.1) is 0 Å². The monoisotopic (exact) mass is 508 g/mol. The molecule has 4 aromatic rings. The summed E-state index contributed by atoms with van der Waals surface area (Å²) >= 11 is 0. The molecule has 0 aliphatic carbocycles. The van der Waals surface area contributed by atoms with E-state index in [1.165, 1.54) is 0 Å². The van der Waals surface area contributed by atoms with E-state index < -0.39 is 11.9 Å². The highest BCUT2D eigenvalue weighted by molar-refractivity contribution is 5.91. The van der Waals surface area contributed by atoms with Crippen LogP contribution in [0.15, 0.2) is 97.6 Å². The lowest BCUT2D eigenvalue weighted by molar-refractivity contribution is 0.0725. The zero-order chi connectivity index (χ0) is 26.9. The summed E-state index contributed by atoms with van der Waals surface area (Å²) in [6.07, 6.45) is 3.19. The summed E-state index contributed by atoms with van der Waals surface area (Å²) < 4.78 is 21.4. The SMILES string of the molecule is C=Cc1cc(CCc2ccc(OC(=O)c3ccc(OC)cc3)cc2)cc(OC(=O)c2ccc(OC)cc2)c1. The van der Waals surface area contributed by atoms with Gasteiger partial charge in [-0.3, -0.25) is 0 Å². The molecule has 192 valence electrons. The van der Waals surface area contributed by atoms with E-state index in [0.29, 0.717) is 34.1 Å². The summed E-state index contributed by atoms with van der Waals surface area (Å²) in [5, 5.41) is 0. The van der Waals surface area contributed by atoms with Crippen LogP contribution in [0.25, 0.3) is 6.08 Å². The lowest BCUT2D eigenvalue weighted by Gasteiger charge is -2.10. The minimum atomic E-state index is -0.445. The molecule has 0 unspecified atom stereocenters. The normalized spacial score (nSPS) is 10.4. The van der Waals surface area contributed by atoms with E-state index in [9.17, 15) is 9.59 Å². The molecule has 0 aromatic heterocycles. The maximum absolute atomic E-state index is 12.6. The predicted octanol–water partition coefficient (Wildman–Crippen LogP) is 6.57. The van der Waals surface area contributed by atoms with Crippen molar-refractivity contribution >= 4 is 18.0 Å². The van der Waals surface area contributed by atoms with E-state index in [-0.39, 0.29) is 0 Å². The zero-order valence-corrected chi connectivity index (χ0v) is 21.3. The number of carbonyl (C=O) groups is 2. The molecule has 0 bridgehead atoms. The van der Waals surface area contributed by atoms with Crippen molar-refractivity contribution < 1.29 is 28.5 Å². The Kier molecular flexibility index (Phi) is 8.57. The average Bonchev–Trinajstić information content (AvgIpc) is 2.96. The van der Waals surface area contributed by atoms with Crippen molar-refractivity contribution in [3.63, 3.8) is 0 Å². The molecule has 38 heavy (non-hydrogen) atoms. The Balaban J connectivity index is 1.37. The largest absolute Gasteiger partial charge is 0.497 e. The molecule has 4 rings (SSSR count). The summed E-state index contributed by atoms with van der Waals surface area (Å²) in [7, 11) is 3.14. The first-order valence-corrected chi connectivity index (χ1v) is 12.0. The van der Waals surface area contributed by atoms with Crippen LogP contribution in [-0.2, 0) is 12.8 Å². The molecule has 0 aliphatic heterocycles. The van der Waals surface area contributed by atoms with Crippen LogP contribution in [0.4, 0.5) is 0 Å². The van der Waals surface area contributed by atoms with E-state index in [0.717, 1.165) is 29.5 Å². The molecule has 0 radical (unpaired) electrons. The molecule has 0 aliphatic rings. The van der Waals surface area contributed by atoms with Crippen LogP contribution in [0.2, 0.25) is 0 Å². The highest BCUT2D eigenvalue weighted by atomic mass is 16.5. The van der Waals surface area contributed by atoms with Gasteiger partial charge in [0.1, 0.15) is 23.0 Å². The summed E-state index contributed by atoms with van der Waals surface area (Å²) in [5.74, 6) is 1.39. The Morgan fingerprint density at radius 3 is 1.58 bits per heavy atom. The molecule has 6 heteroatoms. The fourth-order valence-electron chi connectivity index (χ4n) is 3.81. The van der Waals surface area contributed by atoms with Gasteiger partial charge in [-0.15, -0.1) is 0 Å². The van der Waals surface area contributed by atoms with E-state index in [4.69, 9.17) is 18.9 Å². The Labute approximate surface area is 222 Å². The van der Waals surface area contributed by atoms with Gasteiger partial charge in [0, 0.05) is 0 Å². The third kappa shape index (κ3) is 6.89. The number of benzene rings is 4. The van der Waals surface area contributed by atoms with E-state index >= 15 is 0 Å². The summed E-state index contributed by atoms with van der Waals surface area (Å²) in [4.78, 5) is 25.0. The van der Waals surface area contributed by atoms with Gasteiger partial charge < -0.3 is 18.9 Å². The molecule has 0 heterocycles. The third-order valence-electron chi connectivity index (χ3n) is 5.92. The van der Waals surface area contributed by atoms with Gasteiger partial charge in [0.25, 0.3) is 0 Å². The molecule has 0 saturated heterocycles. The highest BCUT2D eigenvalue weighted by Gasteiger charge is 2.11. The van der Waals surface area contributed by atoms with Crippen molar-refractivity contribution in [3.05, 3.63) is 125 Å². The summed E-state index contributed by atoms with van der Waals surface area (Å²) in [5.41, 5.74) is 3.83. The first-order chi connectivity index (χ1) is 18.5. The smallest absolute Gasteiger partial charge is 0.343 e. The molecule has 0 atom stereocenters. The Morgan fingerprint density at radius 2 is 1.08 bits per heavy atom. The average molecular weight is 509 g/mol. The maximum Gasteiger partial charge on any atom is 0.343 e. The van der Waals surface area contributed by atoms with Gasteiger partial charge in [0.2, 0.25) is 0 Å². The number of hydrogen-bond donors (Lipinski definition) is 0. The van der Waals surface area contributed by atoms with Crippen molar-refractivity contribution in [2.75, 3.05) is 14.2 Å². The molecule has 0 fully saturated rings. The first kappa shape index (κ1) is 26.2. The van der Waals surface area contributed by atoms with Crippen molar-refractivity contribution in [1.82, 2.24) is 0 Å². The second kappa shape index (κ2) is 12.4. The molecular weight excluding hydrogens is 480 g/mol. The predicted molar refractivity (Wildman–Crippen MR) is 146 cm³/mol. The van der Waals surface area contributed by atoms with Crippen molar-refractivity contribution in [3.8, 4) is 23.0 Å². The van der Waals surface area contributed by atoms with Gasteiger partial charge in [-0.25, -0.2) is 9.59 Å². The zero-order valence-electron chi connectivity index (χ0n) is 21.3. The number of ether oxygens (including phenoxy) is 4. The fourth-order valence-corrected chi connectivity index (χ4v) is 3.81. The summed E-state index contributed by atoms with van der Waals surface area (Å²) in [6, 6.07) is 26.6. The van der Waals surface area contributed by atoms with E-state index in [1.807, 2.05) is 24.3 Å². The van der Waals surface area contributed by atoms with Gasteiger partial charge in [-0.2, -0.15) is 0 Å². The number of carbonyl (C=O) groups excluding carboxylic acids is 2. The van der Waals surface area contributed by atoms with E-state index in [2.05, 4.69) is 6.58 Å². The van der Waals surface area contributed by atoms with Crippen LogP contribution in [0.5, 0.6) is 23.0 Å².